The Balaban J connectivity index is 1.61. The molecule has 0 spiro atoms. The lowest BCUT2D eigenvalue weighted by Gasteiger charge is -2.16. The molecule has 0 bridgehead atoms. The average molecular weight is 406 g/mol. The summed E-state index contributed by atoms with van der Waals surface area (Å²) < 4.78 is 2.01. The lowest BCUT2D eigenvalue weighted by Crippen LogP contribution is -2.11. The summed E-state index contributed by atoms with van der Waals surface area (Å²) in [5.41, 5.74) is 6.26. The monoisotopic (exact) mass is 405 g/mol. The van der Waals surface area contributed by atoms with E-state index in [0.717, 1.165) is 28.1 Å². The van der Waals surface area contributed by atoms with Gasteiger partial charge in [-0.3, -0.25) is 4.57 Å². The molecule has 5 rings (SSSR count). The summed E-state index contributed by atoms with van der Waals surface area (Å²) in [4.78, 5) is 14.2. The standard InChI is InChI=1S/C26H23N5/c1-18-12-14-21(15-13-18)23-16-25(31-17-27-22-10-6-7-11-24(22)31)30-26(29-23)28-19(2)20-8-4-3-5-9-20/h3-17,19H,1-2H3,(H,28,29,30). The van der Waals surface area contributed by atoms with Crippen molar-refractivity contribution < 1.29 is 0 Å². The number of hydrogen-bond acceptors (Lipinski definition) is 4. The number of aromatic nitrogens is 4. The first-order valence-electron chi connectivity index (χ1n) is 10.4. The Morgan fingerprint density at radius 2 is 1.58 bits per heavy atom. The van der Waals surface area contributed by atoms with Gasteiger partial charge in [-0.25, -0.2) is 9.97 Å². The summed E-state index contributed by atoms with van der Waals surface area (Å²) in [6.07, 6.45) is 1.82. The first kappa shape index (κ1) is 19.0. The molecule has 2 aromatic heterocycles. The molecular weight excluding hydrogens is 382 g/mol. The number of imidazole rings is 1. The molecule has 0 saturated carbocycles. The summed E-state index contributed by atoms with van der Waals surface area (Å²) >= 11 is 0. The van der Waals surface area contributed by atoms with Gasteiger partial charge in [-0.05, 0) is 31.5 Å². The minimum absolute atomic E-state index is 0.0712. The molecule has 5 heteroatoms. The first-order chi connectivity index (χ1) is 15.2. The lowest BCUT2D eigenvalue weighted by molar-refractivity contribution is 0.855. The second-order valence-electron chi connectivity index (χ2n) is 7.68. The maximum absolute atomic E-state index is 4.84. The molecule has 31 heavy (non-hydrogen) atoms. The van der Waals surface area contributed by atoms with E-state index in [0.29, 0.717) is 5.95 Å². The van der Waals surface area contributed by atoms with Crippen molar-refractivity contribution in [3.63, 3.8) is 0 Å². The molecule has 5 aromatic rings. The van der Waals surface area contributed by atoms with Gasteiger partial charge in [0.1, 0.15) is 12.1 Å². The number of rotatable bonds is 5. The Hall–Kier alpha value is -3.99. The van der Waals surface area contributed by atoms with Crippen molar-refractivity contribution in [2.24, 2.45) is 0 Å². The molecule has 0 aliphatic rings. The van der Waals surface area contributed by atoms with Crippen LogP contribution in [0.5, 0.6) is 0 Å². The van der Waals surface area contributed by atoms with Gasteiger partial charge in [-0.15, -0.1) is 0 Å². The van der Waals surface area contributed by atoms with Gasteiger partial charge in [-0.1, -0.05) is 72.3 Å². The fraction of sp³-hybridized carbons (Fsp3) is 0.115. The fourth-order valence-corrected chi connectivity index (χ4v) is 3.66. The highest BCUT2D eigenvalue weighted by atomic mass is 15.2. The van der Waals surface area contributed by atoms with Crippen LogP contribution in [0.3, 0.4) is 0 Å². The number of hydrogen-bond donors (Lipinski definition) is 1. The van der Waals surface area contributed by atoms with Crippen molar-refractivity contribution >= 4 is 17.0 Å². The Kier molecular flexibility index (Phi) is 4.92. The summed E-state index contributed by atoms with van der Waals surface area (Å²) in [7, 11) is 0. The molecule has 1 unspecified atom stereocenters. The lowest BCUT2D eigenvalue weighted by atomic mass is 10.1. The second-order valence-corrected chi connectivity index (χ2v) is 7.68. The summed E-state index contributed by atoms with van der Waals surface area (Å²) in [6, 6.07) is 28.8. The maximum Gasteiger partial charge on any atom is 0.225 e. The van der Waals surface area contributed by atoms with Gasteiger partial charge in [0.25, 0.3) is 0 Å². The van der Waals surface area contributed by atoms with E-state index in [4.69, 9.17) is 9.97 Å². The first-order valence-corrected chi connectivity index (χ1v) is 10.4. The van der Waals surface area contributed by atoms with Crippen molar-refractivity contribution in [1.82, 2.24) is 19.5 Å². The average Bonchev–Trinajstić information content (AvgIpc) is 3.24. The molecule has 5 nitrogen and oxygen atoms in total. The molecule has 3 aromatic carbocycles. The third kappa shape index (κ3) is 3.90. The van der Waals surface area contributed by atoms with Crippen molar-refractivity contribution in [3.05, 3.63) is 102 Å². The van der Waals surface area contributed by atoms with E-state index >= 15 is 0 Å². The zero-order valence-corrected chi connectivity index (χ0v) is 17.5. The van der Waals surface area contributed by atoms with Crippen LogP contribution in [0.25, 0.3) is 28.1 Å². The van der Waals surface area contributed by atoms with Crippen LogP contribution in [0.4, 0.5) is 5.95 Å². The summed E-state index contributed by atoms with van der Waals surface area (Å²) in [5.74, 6) is 1.37. The highest BCUT2D eigenvalue weighted by Crippen LogP contribution is 2.25. The molecule has 1 atom stereocenters. The smallest absolute Gasteiger partial charge is 0.225 e. The Morgan fingerprint density at radius 1 is 0.839 bits per heavy atom. The van der Waals surface area contributed by atoms with Crippen LogP contribution in [-0.4, -0.2) is 19.5 Å². The highest BCUT2D eigenvalue weighted by molar-refractivity contribution is 5.77. The Morgan fingerprint density at radius 3 is 2.39 bits per heavy atom. The van der Waals surface area contributed by atoms with E-state index in [1.807, 2.05) is 53.4 Å². The van der Waals surface area contributed by atoms with E-state index < -0.39 is 0 Å². The van der Waals surface area contributed by atoms with Gasteiger partial charge >= 0.3 is 0 Å². The second kappa shape index (κ2) is 8.03. The van der Waals surface area contributed by atoms with Crippen LogP contribution in [0.1, 0.15) is 24.1 Å². The topological polar surface area (TPSA) is 55.6 Å². The SMILES string of the molecule is Cc1ccc(-c2cc(-n3cnc4ccccc43)nc(NC(C)c3ccccc3)n2)cc1. The van der Waals surface area contributed by atoms with Crippen molar-refractivity contribution in [3.8, 4) is 17.1 Å². The van der Waals surface area contributed by atoms with Crippen LogP contribution >= 0.6 is 0 Å². The minimum atomic E-state index is 0.0712. The van der Waals surface area contributed by atoms with Gasteiger partial charge in [-0.2, -0.15) is 4.98 Å². The Bertz CT molecular complexity index is 1320. The van der Waals surface area contributed by atoms with Crippen molar-refractivity contribution in [2.45, 2.75) is 19.9 Å². The van der Waals surface area contributed by atoms with E-state index in [2.05, 4.69) is 66.6 Å². The third-order valence-electron chi connectivity index (χ3n) is 5.41. The van der Waals surface area contributed by atoms with Gasteiger partial charge in [0.2, 0.25) is 5.95 Å². The zero-order valence-electron chi connectivity index (χ0n) is 17.5. The molecule has 0 saturated heterocycles. The maximum atomic E-state index is 4.84. The molecule has 0 amide bonds. The predicted octanol–water partition coefficient (Wildman–Crippen LogP) is 5.96. The summed E-state index contributed by atoms with van der Waals surface area (Å²) in [5, 5.41) is 3.47. The van der Waals surface area contributed by atoms with Crippen molar-refractivity contribution in [2.75, 3.05) is 5.32 Å². The van der Waals surface area contributed by atoms with Gasteiger partial charge in [0, 0.05) is 11.6 Å². The predicted molar refractivity (Wildman–Crippen MR) is 125 cm³/mol. The number of benzene rings is 3. The van der Waals surface area contributed by atoms with E-state index in [1.54, 1.807) is 0 Å². The normalized spacial score (nSPS) is 12.1. The molecule has 0 aliphatic carbocycles. The number of fused-ring (bicyclic) bond motifs is 1. The molecule has 0 fully saturated rings. The van der Waals surface area contributed by atoms with Crippen LogP contribution < -0.4 is 5.32 Å². The van der Waals surface area contributed by atoms with E-state index in [9.17, 15) is 0 Å². The molecular formula is C26H23N5. The van der Waals surface area contributed by atoms with Crippen LogP contribution in [0.2, 0.25) is 0 Å². The van der Waals surface area contributed by atoms with E-state index in [1.165, 1.54) is 11.1 Å². The zero-order chi connectivity index (χ0) is 21.2. The summed E-state index contributed by atoms with van der Waals surface area (Å²) in [6.45, 7) is 4.20. The number of nitrogens with one attached hydrogen (secondary N) is 1. The number of nitrogens with zero attached hydrogens (tertiary/aromatic N) is 4. The molecule has 0 radical (unpaired) electrons. The number of anilines is 1. The van der Waals surface area contributed by atoms with Gasteiger partial charge in [0.05, 0.1) is 22.8 Å². The van der Waals surface area contributed by atoms with Crippen LogP contribution in [0.15, 0.2) is 91.3 Å². The highest BCUT2D eigenvalue weighted by Gasteiger charge is 2.13. The minimum Gasteiger partial charge on any atom is -0.348 e. The largest absolute Gasteiger partial charge is 0.348 e. The van der Waals surface area contributed by atoms with Crippen molar-refractivity contribution in [1.29, 1.82) is 0 Å². The van der Waals surface area contributed by atoms with Gasteiger partial charge in [0.15, 0.2) is 0 Å². The third-order valence-corrected chi connectivity index (χ3v) is 5.41. The molecule has 0 aliphatic heterocycles. The molecule has 152 valence electrons. The molecule has 2 heterocycles. The van der Waals surface area contributed by atoms with E-state index in [-0.39, 0.29) is 6.04 Å². The fourth-order valence-electron chi connectivity index (χ4n) is 3.66. The van der Waals surface area contributed by atoms with Crippen LogP contribution in [0, 0.1) is 6.92 Å². The number of aryl methyl sites for hydroxylation is 1. The molecule has 1 N–H and O–H groups in total. The van der Waals surface area contributed by atoms with Crippen LogP contribution in [-0.2, 0) is 0 Å². The number of para-hydroxylation sites is 2. The van der Waals surface area contributed by atoms with Gasteiger partial charge < -0.3 is 5.32 Å². The quantitative estimate of drug-likeness (QED) is 0.392. The Labute approximate surface area is 181 Å².